The molecule has 0 radical (unpaired) electrons. The van der Waals surface area contributed by atoms with Crippen LogP contribution in [0.1, 0.15) is 0 Å². The Labute approximate surface area is 101 Å². The smallest absolute Gasteiger partial charge is 0.281 e. The molecule has 0 spiro atoms. The zero-order valence-corrected chi connectivity index (χ0v) is 11.0. The van der Waals surface area contributed by atoms with Crippen LogP contribution in [-0.4, -0.2) is 74.0 Å². The maximum Gasteiger partial charge on any atom is 0.281 e. The van der Waals surface area contributed by atoms with E-state index in [2.05, 4.69) is 0 Å². The van der Waals surface area contributed by atoms with Gasteiger partial charge in [0.2, 0.25) is 5.91 Å². The Morgan fingerprint density at radius 1 is 1.25 bits per heavy atom. The molecule has 1 aliphatic heterocycles. The molecule has 0 aromatic heterocycles. The first-order valence-corrected chi connectivity index (χ1v) is 6.84. The van der Waals surface area contributed by atoms with Crippen molar-refractivity contribution >= 4 is 27.7 Å². The summed E-state index contributed by atoms with van der Waals surface area (Å²) in [4.78, 5) is 12.9. The summed E-state index contributed by atoms with van der Waals surface area (Å²) < 4.78 is 26.0. The lowest BCUT2D eigenvalue weighted by atomic mass is 10.3. The molecule has 1 rings (SSSR count). The van der Waals surface area contributed by atoms with Crippen molar-refractivity contribution in [3.63, 3.8) is 0 Å². The molecule has 0 N–H and O–H groups in total. The van der Waals surface area contributed by atoms with E-state index in [0.717, 1.165) is 0 Å². The van der Waals surface area contributed by atoms with Crippen LogP contribution in [-0.2, 0) is 15.0 Å². The van der Waals surface area contributed by atoms with Crippen molar-refractivity contribution in [3.05, 3.63) is 0 Å². The molecule has 0 aromatic carbocycles. The Hall–Kier alpha value is -0.370. The van der Waals surface area contributed by atoms with Crippen LogP contribution >= 0.6 is 11.6 Å². The molecule has 6 nitrogen and oxygen atoms in total. The van der Waals surface area contributed by atoms with Crippen molar-refractivity contribution in [3.8, 4) is 0 Å². The molecular weight excluding hydrogens is 254 g/mol. The standard InChI is InChI=1S/C8H16ClN3O3S/c1-10(2)16(14,15)12-5-3-11(4-6-12)8(13)7-9/h3-7H2,1-2H3. The van der Waals surface area contributed by atoms with E-state index in [1.54, 1.807) is 4.90 Å². The molecule has 0 aliphatic carbocycles. The van der Waals surface area contributed by atoms with Gasteiger partial charge in [0.15, 0.2) is 0 Å². The fourth-order valence-electron chi connectivity index (χ4n) is 1.48. The Morgan fingerprint density at radius 3 is 2.12 bits per heavy atom. The SMILES string of the molecule is CN(C)S(=O)(=O)N1CCN(C(=O)CCl)CC1. The topological polar surface area (TPSA) is 60.9 Å². The molecule has 0 aromatic rings. The average molecular weight is 270 g/mol. The van der Waals surface area contributed by atoms with E-state index in [1.807, 2.05) is 0 Å². The molecule has 1 heterocycles. The summed E-state index contributed by atoms with van der Waals surface area (Å²) in [5.74, 6) is -0.205. The van der Waals surface area contributed by atoms with Crippen molar-refractivity contribution in [1.29, 1.82) is 0 Å². The van der Waals surface area contributed by atoms with Gasteiger partial charge in [0.05, 0.1) is 0 Å². The lowest BCUT2D eigenvalue weighted by molar-refractivity contribution is -0.129. The molecule has 0 saturated carbocycles. The van der Waals surface area contributed by atoms with Gasteiger partial charge in [-0.05, 0) is 0 Å². The highest BCUT2D eigenvalue weighted by Gasteiger charge is 2.29. The van der Waals surface area contributed by atoms with Crippen LogP contribution in [0.5, 0.6) is 0 Å². The third-order valence-electron chi connectivity index (χ3n) is 2.49. The molecule has 0 unspecified atom stereocenters. The number of carbonyl (C=O) groups excluding carboxylic acids is 1. The van der Waals surface area contributed by atoms with E-state index < -0.39 is 10.2 Å². The van der Waals surface area contributed by atoms with Gasteiger partial charge in [0.25, 0.3) is 10.2 Å². The molecule has 1 fully saturated rings. The Morgan fingerprint density at radius 2 is 1.75 bits per heavy atom. The zero-order valence-electron chi connectivity index (χ0n) is 9.39. The van der Waals surface area contributed by atoms with Crippen LogP contribution in [0.3, 0.4) is 0 Å². The van der Waals surface area contributed by atoms with Gasteiger partial charge in [-0.3, -0.25) is 4.79 Å². The average Bonchev–Trinajstić information content (AvgIpc) is 2.28. The molecule has 1 aliphatic rings. The fourth-order valence-corrected chi connectivity index (χ4v) is 2.74. The highest BCUT2D eigenvalue weighted by molar-refractivity contribution is 7.86. The number of hydrogen-bond acceptors (Lipinski definition) is 3. The zero-order chi connectivity index (χ0) is 12.3. The molecular formula is C8H16ClN3O3S. The van der Waals surface area contributed by atoms with Gasteiger partial charge in [-0.25, -0.2) is 0 Å². The first kappa shape index (κ1) is 13.7. The number of halogens is 1. The van der Waals surface area contributed by atoms with E-state index in [-0.39, 0.29) is 11.8 Å². The second-order valence-electron chi connectivity index (χ2n) is 3.70. The van der Waals surface area contributed by atoms with Gasteiger partial charge in [-0.2, -0.15) is 17.0 Å². The Balaban J connectivity index is 2.59. The van der Waals surface area contributed by atoms with E-state index in [0.29, 0.717) is 26.2 Å². The van der Waals surface area contributed by atoms with Gasteiger partial charge in [0.1, 0.15) is 5.88 Å². The number of carbonyl (C=O) groups is 1. The van der Waals surface area contributed by atoms with Crippen molar-refractivity contribution < 1.29 is 13.2 Å². The summed E-state index contributed by atoms with van der Waals surface area (Å²) in [5.41, 5.74) is 0. The molecule has 94 valence electrons. The summed E-state index contributed by atoms with van der Waals surface area (Å²) in [7, 11) is -0.377. The lowest BCUT2D eigenvalue weighted by Crippen LogP contribution is -2.53. The molecule has 8 heteroatoms. The minimum Gasteiger partial charge on any atom is -0.339 e. The fraction of sp³-hybridized carbons (Fsp3) is 0.875. The second kappa shape index (κ2) is 5.31. The molecule has 0 bridgehead atoms. The van der Waals surface area contributed by atoms with Crippen LogP contribution in [0, 0.1) is 0 Å². The number of hydrogen-bond donors (Lipinski definition) is 0. The summed E-state index contributed by atoms with van der Waals surface area (Å²) in [6, 6.07) is 0. The predicted octanol–water partition coefficient (Wildman–Crippen LogP) is -0.824. The van der Waals surface area contributed by atoms with Crippen LogP contribution in [0.2, 0.25) is 0 Å². The first-order chi connectivity index (χ1) is 7.39. The summed E-state index contributed by atoms with van der Waals surface area (Å²) >= 11 is 5.43. The number of nitrogens with zero attached hydrogens (tertiary/aromatic N) is 3. The second-order valence-corrected chi connectivity index (χ2v) is 6.11. The highest BCUT2D eigenvalue weighted by Crippen LogP contribution is 2.09. The Kier molecular flexibility index (Phi) is 4.54. The molecule has 16 heavy (non-hydrogen) atoms. The minimum absolute atomic E-state index is 0.0551. The maximum absolute atomic E-state index is 11.8. The van der Waals surface area contributed by atoms with Crippen LogP contribution in [0.15, 0.2) is 0 Å². The van der Waals surface area contributed by atoms with E-state index in [4.69, 9.17) is 11.6 Å². The van der Waals surface area contributed by atoms with Crippen molar-refractivity contribution in [2.45, 2.75) is 0 Å². The number of piperazine rings is 1. The number of amides is 1. The van der Waals surface area contributed by atoms with E-state index in [9.17, 15) is 13.2 Å². The predicted molar refractivity (Wildman–Crippen MR) is 61.5 cm³/mol. The number of alkyl halides is 1. The monoisotopic (exact) mass is 269 g/mol. The van der Waals surface area contributed by atoms with Gasteiger partial charge >= 0.3 is 0 Å². The molecule has 1 amide bonds. The van der Waals surface area contributed by atoms with Gasteiger partial charge < -0.3 is 4.90 Å². The van der Waals surface area contributed by atoms with Gasteiger partial charge in [0, 0.05) is 40.3 Å². The largest absolute Gasteiger partial charge is 0.339 e. The van der Waals surface area contributed by atoms with Crippen LogP contribution in [0.25, 0.3) is 0 Å². The van der Waals surface area contributed by atoms with Crippen LogP contribution in [0.4, 0.5) is 0 Å². The molecule has 1 saturated heterocycles. The van der Waals surface area contributed by atoms with Crippen molar-refractivity contribution in [2.24, 2.45) is 0 Å². The van der Waals surface area contributed by atoms with E-state index >= 15 is 0 Å². The summed E-state index contributed by atoms with van der Waals surface area (Å²) in [6.07, 6.45) is 0. The Bertz CT molecular complexity index is 350. The molecule has 0 atom stereocenters. The minimum atomic E-state index is -3.36. The van der Waals surface area contributed by atoms with Crippen molar-refractivity contribution in [1.82, 2.24) is 13.5 Å². The third kappa shape index (κ3) is 2.85. The van der Waals surface area contributed by atoms with Gasteiger partial charge in [-0.1, -0.05) is 0 Å². The van der Waals surface area contributed by atoms with Gasteiger partial charge in [-0.15, -0.1) is 11.6 Å². The summed E-state index contributed by atoms with van der Waals surface area (Å²) in [5, 5.41) is 0. The van der Waals surface area contributed by atoms with E-state index in [1.165, 1.54) is 22.7 Å². The third-order valence-corrected chi connectivity index (χ3v) is 4.66. The maximum atomic E-state index is 11.8. The first-order valence-electron chi connectivity index (χ1n) is 4.91. The van der Waals surface area contributed by atoms with Crippen LogP contribution < -0.4 is 0 Å². The number of rotatable bonds is 3. The quantitative estimate of drug-likeness (QED) is 0.629. The summed E-state index contributed by atoms with van der Waals surface area (Å²) in [6.45, 7) is 1.45. The highest BCUT2D eigenvalue weighted by atomic mass is 35.5. The normalized spacial score (nSPS) is 19.1. The lowest BCUT2D eigenvalue weighted by Gasteiger charge is -2.34. The van der Waals surface area contributed by atoms with Crippen molar-refractivity contribution in [2.75, 3.05) is 46.2 Å².